The molecule has 0 unspecified atom stereocenters. The van der Waals surface area contributed by atoms with Gasteiger partial charge in [0, 0.05) is 30.9 Å². The van der Waals surface area contributed by atoms with Crippen LogP contribution in [-0.2, 0) is 0 Å². The highest BCUT2D eigenvalue weighted by Crippen LogP contribution is 2.29. The lowest BCUT2D eigenvalue weighted by atomic mass is 10.1. The number of hydrogen-bond donors (Lipinski definition) is 1. The monoisotopic (exact) mass is 275 g/mol. The molecule has 1 fully saturated rings. The molecule has 4 nitrogen and oxygen atoms in total. The van der Waals surface area contributed by atoms with Crippen molar-refractivity contribution in [1.29, 1.82) is 0 Å². The van der Waals surface area contributed by atoms with Crippen LogP contribution in [0.4, 0.5) is 5.82 Å². The SMILES string of the molecule is CNc1cc(C(=O)N(CCC(C)C)C2CC2)cc(C)n1. The van der Waals surface area contributed by atoms with Crippen LogP contribution in [0.3, 0.4) is 0 Å². The van der Waals surface area contributed by atoms with Crippen molar-refractivity contribution in [2.75, 3.05) is 18.9 Å². The average molecular weight is 275 g/mol. The van der Waals surface area contributed by atoms with Crippen LogP contribution in [0.2, 0.25) is 0 Å². The number of carbonyl (C=O) groups is 1. The van der Waals surface area contributed by atoms with E-state index in [2.05, 4.69) is 24.1 Å². The maximum absolute atomic E-state index is 12.7. The fourth-order valence-corrected chi connectivity index (χ4v) is 2.32. The topological polar surface area (TPSA) is 45.2 Å². The third-order valence-electron chi connectivity index (χ3n) is 3.65. The smallest absolute Gasteiger partial charge is 0.254 e. The highest BCUT2D eigenvalue weighted by molar-refractivity contribution is 5.95. The molecule has 0 atom stereocenters. The van der Waals surface area contributed by atoms with E-state index in [-0.39, 0.29) is 5.91 Å². The van der Waals surface area contributed by atoms with Gasteiger partial charge in [0.1, 0.15) is 5.82 Å². The van der Waals surface area contributed by atoms with Crippen LogP contribution in [0, 0.1) is 12.8 Å². The van der Waals surface area contributed by atoms with Crippen LogP contribution in [0.15, 0.2) is 12.1 Å². The molecule has 110 valence electrons. The zero-order chi connectivity index (χ0) is 14.7. The van der Waals surface area contributed by atoms with Crippen molar-refractivity contribution >= 4 is 11.7 Å². The van der Waals surface area contributed by atoms with Crippen LogP contribution < -0.4 is 5.32 Å². The number of pyridine rings is 1. The van der Waals surface area contributed by atoms with Crippen molar-refractivity contribution in [2.45, 2.75) is 46.1 Å². The Labute approximate surface area is 121 Å². The predicted octanol–water partition coefficient (Wildman–Crippen LogP) is 3.08. The number of anilines is 1. The summed E-state index contributed by atoms with van der Waals surface area (Å²) in [5.74, 6) is 1.53. The molecule has 1 saturated carbocycles. The minimum absolute atomic E-state index is 0.148. The molecule has 2 rings (SSSR count). The summed E-state index contributed by atoms with van der Waals surface area (Å²) in [6.07, 6.45) is 3.35. The van der Waals surface area contributed by atoms with Crippen molar-refractivity contribution in [3.63, 3.8) is 0 Å². The molecule has 0 aliphatic heterocycles. The van der Waals surface area contributed by atoms with Crippen molar-refractivity contribution in [2.24, 2.45) is 5.92 Å². The van der Waals surface area contributed by atoms with E-state index < -0.39 is 0 Å². The van der Waals surface area contributed by atoms with E-state index in [1.165, 1.54) is 0 Å². The zero-order valence-electron chi connectivity index (χ0n) is 12.9. The van der Waals surface area contributed by atoms with E-state index in [1.807, 2.05) is 31.0 Å². The third kappa shape index (κ3) is 3.71. The van der Waals surface area contributed by atoms with Crippen LogP contribution in [0.5, 0.6) is 0 Å². The normalized spacial score (nSPS) is 14.4. The Morgan fingerprint density at radius 2 is 2.15 bits per heavy atom. The Morgan fingerprint density at radius 3 is 2.70 bits per heavy atom. The standard InChI is InChI=1S/C16H25N3O/c1-11(2)7-8-19(14-5-6-14)16(20)13-9-12(3)18-15(10-13)17-4/h9-11,14H,5-8H2,1-4H3,(H,17,18). The number of hydrogen-bond acceptors (Lipinski definition) is 3. The van der Waals surface area contributed by atoms with E-state index in [0.29, 0.717) is 12.0 Å². The zero-order valence-corrected chi connectivity index (χ0v) is 12.9. The summed E-state index contributed by atoms with van der Waals surface area (Å²) in [7, 11) is 1.83. The molecule has 0 spiro atoms. The predicted molar refractivity (Wildman–Crippen MR) is 82.0 cm³/mol. The van der Waals surface area contributed by atoms with E-state index >= 15 is 0 Å². The fraction of sp³-hybridized carbons (Fsp3) is 0.625. The quantitative estimate of drug-likeness (QED) is 0.867. The first-order valence-electron chi connectivity index (χ1n) is 7.48. The Kier molecular flexibility index (Phi) is 4.63. The number of aryl methyl sites for hydroxylation is 1. The highest BCUT2D eigenvalue weighted by atomic mass is 16.2. The molecular weight excluding hydrogens is 250 g/mol. The molecular formula is C16H25N3O. The number of nitrogens with zero attached hydrogens (tertiary/aromatic N) is 2. The second-order valence-corrected chi connectivity index (χ2v) is 6.04. The lowest BCUT2D eigenvalue weighted by Crippen LogP contribution is -2.34. The summed E-state index contributed by atoms with van der Waals surface area (Å²) in [6.45, 7) is 7.18. The molecule has 0 aromatic carbocycles. The molecule has 0 radical (unpaired) electrons. The summed E-state index contributed by atoms with van der Waals surface area (Å²) >= 11 is 0. The van der Waals surface area contributed by atoms with E-state index in [1.54, 1.807) is 0 Å². The average Bonchev–Trinajstić information content (AvgIpc) is 3.22. The first-order chi connectivity index (χ1) is 9.51. The molecule has 1 N–H and O–H groups in total. The van der Waals surface area contributed by atoms with Crippen molar-refractivity contribution in [1.82, 2.24) is 9.88 Å². The van der Waals surface area contributed by atoms with E-state index in [4.69, 9.17) is 0 Å². The Balaban J connectivity index is 2.16. The molecule has 1 aliphatic rings. The van der Waals surface area contributed by atoms with Gasteiger partial charge in [0.15, 0.2) is 0 Å². The first kappa shape index (κ1) is 14.8. The number of amides is 1. The number of rotatable bonds is 6. The largest absolute Gasteiger partial charge is 0.373 e. The fourth-order valence-electron chi connectivity index (χ4n) is 2.32. The van der Waals surface area contributed by atoms with Crippen LogP contribution in [-0.4, -0.2) is 35.4 Å². The van der Waals surface area contributed by atoms with E-state index in [0.717, 1.165) is 42.9 Å². The van der Waals surface area contributed by atoms with Crippen molar-refractivity contribution in [3.05, 3.63) is 23.4 Å². The molecule has 1 amide bonds. The molecule has 1 heterocycles. The van der Waals surface area contributed by atoms with Gasteiger partial charge in [0.2, 0.25) is 0 Å². The van der Waals surface area contributed by atoms with Gasteiger partial charge in [0.05, 0.1) is 0 Å². The molecule has 1 aromatic heterocycles. The Bertz CT molecular complexity index is 481. The van der Waals surface area contributed by atoms with Gasteiger partial charge in [-0.05, 0) is 44.2 Å². The van der Waals surface area contributed by atoms with Gasteiger partial charge >= 0.3 is 0 Å². The molecule has 20 heavy (non-hydrogen) atoms. The minimum Gasteiger partial charge on any atom is -0.373 e. The summed E-state index contributed by atoms with van der Waals surface area (Å²) in [5, 5.41) is 3.02. The van der Waals surface area contributed by atoms with Crippen LogP contribution in [0.1, 0.15) is 49.2 Å². The van der Waals surface area contributed by atoms with Crippen molar-refractivity contribution in [3.8, 4) is 0 Å². The lowest BCUT2D eigenvalue weighted by Gasteiger charge is -2.23. The summed E-state index contributed by atoms with van der Waals surface area (Å²) in [4.78, 5) is 19.1. The second kappa shape index (κ2) is 6.25. The van der Waals surface area contributed by atoms with Crippen molar-refractivity contribution < 1.29 is 4.79 Å². The minimum atomic E-state index is 0.148. The Morgan fingerprint density at radius 1 is 1.45 bits per heavy atom. The van der Waals surface area contributed by atoms with Gasteiger partial charge in [-0.2, -0.15) is 0 Å². The lowest BCUT2D eigenvalue weighted by molar-refractivity contribution is 0.0735. The van der Waals surface area contributed by atoms with Gasteiger partial charge in [-0.25, -0.2) is 4.98 Å². The number of nitrogens with one attached hydrogen (secondary N) is 1. The van der Waals surface area contributed by atoms with Gasteiger partial charge in [-0.3, -0.25) is 4.79 Å². The number of carbonyl (C=O) groups excluding carboxylic acids is 1. The molecule has 0 saturated heterocycles. The van der Waals surface area contributed by atoms with E-state index in [9.17, 15) is 4.79 Å². The molecule has 1 aromatic rings. The third-order valence-corrected chi connectivity index (χ3v) is 3.65. The summed E-state index contributed by atoms with van der Waals surface area (Å²) < 4.78 is 0. The summed E-state index contributed by atoms with van der Waals surface area (Å²) in [6, 6.07) is 4.18. The number of aromatic nitrogens is 1. The van der Waals surface area contributed by atoms with Gasteiger partial charge in [0.25, 0.3) is 5.91 Å². The highest BCUT2D eigenvalue weighted by Gasteiger charge is 2.33. The maximum atomic E-state index is 12.7. The second-order valence-electron chi connectivity index (χ2n) is 6.04. The van der Waals surface area contributed by atoms with Crippen LogP contribution in [0.25, 0.3) is 0 Å². The first-order valence-corrected chi connectivity index (χ1v) is 7.48. The van der Waals surface area contributed by atoms with Gasteiger partial charge in [-0.1, -0.05) is 13.8 Å². The molecule has 0 bridgehead atoms. The summed E-state index contributed by atoms with van der Waals surface area (Å²) in [5.41, 5.74) is 1.62. The molecule has 4 heteroatoms. The van der Waals surface area contributed by atoms with Gasteiger partial charge < -0.3 is 10.2 Å². The maximum Gasteiger partial charge on any atom is 0.254 e. The molecule has 1 aliphatic carbocycles. The Hall–Kier alpha value is -1.58. The van der Waals surface area contributed by atoms with Crippen LogP contribution >= 0.6 is 0 Å². The van der Waals surface area contributed by atoms with Gasteiger partial charge in [-0.15, -0.1) is 0 Å².